The van der Waals surface area contributed by atoms with Crippen molar-refractivity contribution < 1.29 is 36.7 Å². The molecule has 0 spiro atoms. The Morgan fingerprint density at radius 2 is 1.57 bits per heavy atom. The Balaban J connectivity index is 1.47. The number of piperidine rings is 1. The maximum atomic E-state index is 14.2. The van der Waals surface area contributed by atoms with Crippen LogP contribution < -0.4 is 15.5 Å². The number of alkyl halides is 3. The van der Waals surface area contributed by atoms with Gasteiger partial charge in [0.15, 0.2) is 5.69 Å². The van der Waals surface area contributed by atoms with Crippen molar-refractivity contribution in [3.63, 3.8) is 0 Å². The van der Waals surface area contributed by atoms with E-state index in [1.54, 1.807) is 45.0 Å². The lowest BCUT2D eigenvalue weighted by Gasteiger charge is -2.39. The number of hydrogen-bond donors (Lipinski definition) is 2. The lowest BCUT2D eigenvalue weighted by molar-refractivity contribution is -0.154. The summed E-state index contributed by atoms with van der Waals surface area (Å²) in [6.07, 6.45) is -3.10. The Labute approximate surface area is 281 Å². The smallest absolute Gasteiger partial charge is 0.408 e. The van der Waals surface area contributed by atoms with E-state index in [9.17, 15) is 31.9 Å². The number of hydrogen-bond acceptors (Lipinski definition) is 6. The molecule has 1 aromatic heterocycles. The first-order valence-electron chi connectivity index (χ1n) is 15.9. The summed E-state index contributed by atoms with van der Waals surface area (Å²) in [5.41, 5.74) is 0.760. The number of halogens is 4. The van der Waals surface area contributed by atoms with Crippen LogP contribution in [0.1, 0.15) is 73.9 Å². The van der Waals surface area contributed by atoms with Gasteiger partial charge in [-0.05, 0) is 87.1 Å². The van der Waals surface area contributed by atoms with Crippen molar-refractivity contribution in [1.82, 2.24) is 9.78 Å². The summed E-state index contributed by atoms with van der Waals surface area (Å²) in [6, 6.07) is 14.6. The zero-order chi connectivity index (χ0) is 35.7. The van der Waals surface area contributed by atoms with Gasteiger partial charge in [0.25, 0.3) is 11.8 Å². The Bertz CT molecular complexity index is 1880. The molecule has 1 saturated heterocycles. The predicted octanol–water partition coefficient (Wildman–Crippen LogP) is 7.75. The molecule has 5 rings (SSSR count). The molecule has 0 bridgehead atoms. The Morgan fingerprint density at radius 1 is 0.898 bits per heavy atom. The molecule has 1 fully saturated rings. The molecule has 0 unspecified atom stereocenters. The normalized spacial score (nSPS) is 14.8. The van der Waals surface area contributed by atoms with Gasteiger partial charge in [0.2, 0.25) is 0 Å². The molecule has 1 aliphatic rings. The monoisotopic (exact) mass is 681 g/mol. The number of carbonyl (C=O) groups excluding carboxylic acids is 3. The maximum absolute atomic E-state index is 14.2. The third kappa shape index (κ3) is 8.95. The lowest BCUT2D eigenvalue weighted by Crippen LogP contribution is -2.37. The molecule has 2 amide bonds. The lowest BCUT2D eigenvalue weighted by atomic mass is 9.82. The van der Waals surface area contributed by atoms with Gasteiger partial charge >= 0.3 is 12.1 Å². The largest absolute Gasteiger partial charge is 0.460 e. The summed E-state index contributed by atoms with van der Waals surface area (Å²) in [7, 11) is 0. The van der Waals surface area contributed by atoms with Gasteiger partial charge < -0.3 is 20.3 Å². The molecule has 2 heterocycles. The fourth-order valence-corrected chi connectivity index (χ4v) is 5.73. The molecular formula is C36H39F4N5O4. The molecule has 13 heteroatoms. The van der Waals surface area contributed by atoms with Gasteiger partial charge in [-0.2, -0.15) is 18.3 Å². The van der Waals surface area contributed by atoms with E-state index >= 15 is 0 Å². The number of ether oxygens (including phenoxy) is 1. The van der Waals surface area contributed by atoms with Crippen LogP contribution in [0.5, 0.6) is 0 Å². The molecule has 1 aliphatic heterocycles. The van der Waals surface area contributed by atoms with E-state index in [0.29, 0.717) is 18.8 Å². The summed E-state index contributed by atoms with van der Waals surface area (Å²) in [5, 5.41) is 9.82. The molecule has 0 radical (unpaired) electrons. The predicted molar refractivity (Wildman–Crippen MR) is 179 cm³/mol. The number of benzene rings is 3. The quantitative estimate of drug-likeness (QED) is 0.146. The number of fused-ring (bicyclic) bond motifs is 1. The van der Waals surface area contributed by atoms with Crippen molar-refractivity contribution in [2.24, 2.45) is 5.41 Å². The summed E-state index contributed by atoms with van der Waals surface area (Å²) < 4.78 is 60.3. The average Bonchev–Trinajstić information content (AvgIpc) is 3.35. The SMILES string of the molecule is CC1(C)CCN(c2ccc(C(=O)Nc3ccc(F)cc3CC(=O)OC(C)(C)C)cc2NC(=O)c2nn(CC(F)(F)F)c3ccccc23)CC1. The van der Waals surface area contributed by atoms with E-state index in [1.807, 2.05) is 0 Å². The van der Waals surface area contributed by atoms with Gasteiger partial charge in [0.1, 0.15) is 18.0 Å². The molecule has 260 valence electrons. The highest BCUT2D eigenvalue weighted by Gasteiger charge is 2.31. The van der Waals surface area contributed by atoms with Crippen molar-refractivity contribution in [3.05, 3.63) is 83.3 Å². The van der Waals surface area contributed by atoms with Crippen LogP contribution >= 0.6 is 0 Å². The van der Waals surface area contributed by atoms with Gasteiger partial charge in [-0.1, -0.05) is 32.0 Å². The summed E-state index contributed by atoms with van der Waals surface area (Å²) in [5.74, 6) is -2.54. The Morgan fingerprint density at radius 3 is 2.24 bits per heavy atom. The number of para-hydroxylation sites is 1. The minimum absolute atomic E-state index is 0.121. The van der Waals surface area contributed by atoms with Gasteiger partial charge in [0.05, 0.1) is 23.3 Å². The number of anilines is 3. The molecule has 4 aromatic rings. The number of amides is 2. The molecule has 0 atom stereocenters. The topological polar surface area (TPSA) is 106 Å². The molecule has 0 aliphatic carbocycles. The number of nitrogens with zero attached hydrogens (tertiary/aromatic N) is 3. The van der Waals surface area contributed by atoms with Crippen molar-refractivity contribution in [2.75, 3.05) is 28.6 Å². The van der Waals surface area contributed by atoms with Crippen LogP contribution in [0.4, 0.5) is 34.6 Å². The van der Waals surface area contributed by atoms with Crippen LogP contribution in [-0.2, 0) is 22.5 Å². The number of aromatic nitrogens is 2. The first kappa shape index (κ1) is 35.4. The van der Waals surface area contributed by atoms with E-state index < -0.39 is 41.9 Å². The third-order valence-corrected chi connectivity index (χ3v) is 8.24. The minimum Gasteiger partial charge on any atom is -0.460 e. The van der Waals surface area contributed by atoms with E-state index in [-0.39, 0.29) is 50.9 Å². The van der Waals surface area contributed by atoms with E-state index in [1.165, 1.54) is 24.3 Å². The summed E-state index contributed by atoms with van der Waals surface area (Å²) in [6.45, 7) is 9.46. The Hall–Kier alpha value is -4.94. The van der Waals surface area contributed by atoms with E-state index in [2.05, 4.69) is 34.5 Å². The zero-order valence-electron chi connectivity index (χ0n) is 28.0. The van der Waals surface area contributed by atoms with Crippen LogP contribution in [0.2, 0.25) is 0 Å². The fourth-order valence-electron chi connectivity index (χ4n) is 5.73. The van der Waals surface area contributed by atoms with Gasteiger partial charge in [-0.3, -0.25) is 19.1 Å². The zero-order valence-corrected chi connectivity index (χ0v) is 28.0. The highest BCUT2D eigenvalue weighted by Crippen LogP contribution is 2.36. The second-order valence-electron chi connectivity index (χ2n) is 14.0. The van der Waals surface area contributed by atoms with Crippen molar-refractivity contribution in [1.29, 1.82) is 0 Å². The second kappa shape index (κ2) is 13.5. The molecule has 49 heavy (non-hydrogen) atoms. The van der Waals surface area contributed by atoms with Crippen molar-refractivity contribution in [2.45, 2.75) is 72.2 Å². The number of rotatable bonds is 8. The van der Waals surface area contributed by atoms with Crippen LogP contribution in [-0.4, -0.2) is 52.4 Å². The highest BCUT2D eigenvalue weighted by atomic mass is 19.4. The molecule has 0 saturated carbocycles. The molecule has 3 aromatic carbocycles. The number of nitrogens with one attached hydrogen (secondary N) is 2. The number of carbonyl (C=O) groups is 3. The first-order valence-corrected chi connectivity index (χ1v) is 15.9. The van der Waals surface area contributed by atoms with Crippen molar-refractivity contribution >= 4 is 45.7 Å². The van der Waals surface area contributed by atoms with Gasteiger partial charge in [-0.15, -0.1) is 0 Å². The van der Waals surface area contributed by atoms with Crippen LogP contribution in [0.25, 0.3) is 10.9 Å². The van der Waals surface area contributed by atoms with Crippen LogP contribution in [0.3, 0.4) is 0 Å². The van der Waals surface area contributed by atoms with Gasteiger partial charge in [-0.25, -0.2) is 4.39 Å². The third-order valence-electron chi connectivity index (χ3n) is 8.24. The minimum atomic E-state index is -4.56. The fraction of sp³-hybridized carbons (Fsp3) is 0.389. The molecular weight excluding hydrogens is 642 g/mol. The van der Waals surface area contributed by atoms with Gasteiger partial charge in [0, 0.05) is 29.7 Å². The standard InChI is InChI=1S/C36H39F4N5O4/c1-34(2,3)49-30(46)20-23-18-24(37)11-12-26(23)41-32(47)22-10-13-29(44-16-14-35(4,5)15-17-44)27(19-22)42-33(48)31-25-8-6-7-9-28(25)45(43-31)21-36(38,39)40/h6-13,18-19H,14-17,20-21H2,1-5H3,(H,41,47)(H,42,48). The maximum Gasteiger partial charge on any atom is 0.408 e. The summed E-state index contributed by atoms with van der Waals surface area (Å²) in [4.78, 5) is 41.9. The second-order valence-corrected chi connectivity index (χ2v) is 14.0. The summed E-state index contributed by atoms with van der Waals surface area (Å²) >= 11 is 0. The van der Waals surface area contributed by atoms with Crippen LogP contribution in [0.15, 0.2) is 60.7 Å². The molecule has 2 N–H and O–H groups in total. The Kier molecular flexibility index (Phi) is 9.76. The van der Waals surface area contributed by atoms with Crippen LogP contribution in [0, 0.1) is 11.2 Å². The number of esters is 1. The molecule has 9 nitrogen and oxygen atoms in total. The average molecular weight is 682 g/mol. The first-order chi connectivity index (χ1) is 22.9. The van der Waals surface area contributed by atoms with Crippen molar-refractivity contribution in [3.8, 4) is 0 Å². The highest BCUT2D eigenvalue weighted by molar-refractivity contribution is 6.13. The van der Waals surface area contributed by atoms with E-state index in [4.69, 9.17) is 4.74 Å². The van der Waals surface area contributed by atoms with E-state index in [0.717, 1.165) is 29.7 Å².